The molecule has 1 aromatic heterocycles. The topological polar surface area (TPSA) is 51.8 Å². The van der Waals surface area contributed by atoms with Crippen LogP contribution < -0.4 is 5.73 Å². The fraction of sp³-hybridized carbons (Fsp3) is 0.412. The highest BCUT2D eigenvalue weighted by molar-refractivity contribution is 5.27. The van der Waals surface area contributed by atoms with E-state index in [2.05, 4.69) is 9.97 Å². The van der Waals surface area contributed by atoms with Crippen molar-refractivity contribution in [2.24, 2.45) is 5.73 Å². The van der Waals surface area contributed by atoms with E-state index in [9.17, 15) is 13.2 Å². The van der Waals surface area contributed by atoms with Crippen molar-refractivity contribution in [2.75, 3.05) is 13.7 Å². The van der Waals surface area contributed by atoms with Crippen molar-refractivity contribution in [3.8, 4) is 0 Å². The smallest absolute Gasteiger partial charge is 0.263 e. The van der Waals surface area contributed by atoms with Crippen LogP contribution in [0.1, 0.15) is 41.6 Å². The van der Waals surface area contributed by atoms with Gasteiger partial charge in [-0.05, 0) is 36.6 Å². The van der Waals surface area contributed by atoms with Crippen LogP contribution in [0.3, 0.4) is 0 Å². The van der Waals surface area contributed by atoms with Gasteiger partial charge in [-0.2, -0.15) is 0 Å². The molecule has 23 heavy (non-hydrogen) atoms. The van der Waals surface area contributed by atoms with Gasteiger partial charge in [0, 0.05) is 23.9 Å². The highest BCUT2D eigenvalue weighted by Crippen LogP contribution is 2.20. The van der Waals surface area contributed by atoms with Gasteiger partial charge in [0.05, 0.1) is 7.18 Å². The van der Waals surface area contributed by atoms with Crippen LogP contribution in [0.25, 0.3) is 0 Å². The Balaban J connectivity index is 0.00000127. The molecule has 0 aliphatic heterocycles. The number of nitrogens with zero attached hydrogens (tertiary/aromatic N) is 2. The molecule has 6 heteroatoms. The van der Waals surface area contributed by atoms with Crippen LogP contribution in [0.4, 0.5) is 13.2 Å². The number of hydrogen-bond donors (Lipinski definition) is 1. The Morgan fingerprint density at radius 2 is 1.96 bits per heavy atom. The van der Waals surface area contributed by atoms with Crippen molar-refractivity contribution < 1.29 is 13.2 Å². The summed E-state index contributed by atoms with van der Waals surface area (Å²) in [6.45, 7) is 2.59. The van der Waals surface area contributed by atoms with E-state index >= 15 is 0 Å². The summed E-state index contributed by atoms with van der Waals surface area (Å²) in [6, 6.07) is 6.39. The number of rotatable bonds is 6. The maximum Gasteiger partial charge on any atom is 0.263 e. The number of halogens is 3. The average molecular weight is 325 g/mol. The summed E-state index contributed by atoms with van der Waals surface area (Å²) in [5.74, 6) is 0.652. The molecule has 0 amide bonds. The van der Waals surface area contributed by atoms with Gasteiger partial charge in [0.25, 0.3) is 6.43 Å². The van der Waals surface area contributed by atoms with E-state index in [4.69, 9.17) is 5.73 Å². The summed E-state index contributed by atoms with van der Waals surface area (Å²) < 4.78 is 34.9. The SMILES string of the molecule is CCc1nc(Cc2cccc(C(F)F)c2)ncc1CCN.CF. The highest BCUT2D eigenvalue weighted by atomic mass is 19.3. The third kappa shape index (κ3) is 5.63. The Bertz CT molecular complexity index is 603. The first-order chi connectivity index (χ1) is 11.1. The lowest BCUT2D eigenvalue weighted by molar-refractivity contribution is 0.151. The number of aromatic nitrogens is 2. The Hall–Kier alpha value is -1.95. The van der Waals surface area contributed by atoms with E-state index in [1.165, 1.54) is 12.1 Å². The molecule has 2 N–H and O–H groups in total. The normalized spacial score (nSPS) is 10.4. The molecule has 3 nitrogen and oxygen atoms in total. The van der Waals surface area contributed by atoms with Gasteiger partial charge in [0.2, 0.25) is 0 Å². The van der Waals surface area contributed by atoms with Crippen molar-refractivity contribution in [2.45, 2.75) is 32.6 Å². The van der Waals surface area contributed by atoms with E-state index < -0.39 is 6.43 Å². The van der Waals surface area contributed by atoms with Gasteiger partial charge < -0.3 is 5.73 Å². The minimum Gasteiger partial charge on any atom is -0.330 e. The minimum absolute atomic E-state index is 0.0305. The fourth-order valence-electron chi connectivity index (χ4n) is 2.26. The first kappa shape index (κ1) is 19.1. The zero-order valence-electron chi connectivity index (χ0n) is 13.4. The lowest BCUT2D eigenvalue weighted by atomic mass is 10.1. The Morgan fingerprint density at radius 3 is 2.57 bits per heavy atom. The summed E-state index contributed by atoms with van der Waals surface area (Å²) in [7, 11) is 0.500. The Labute approximate surface area is 134 Å². The van der Waals surface area contributed by atoms with E-state index in [0.717, 1.165) is 29.7 Å². The molecule has 2 rings (SSSR count). The second-order valence-electron chi connectivity index (χ2n) is 4.87. The Kier molecular flexibility index (Phi) is 8.26. The van der Waals surface area contributed by atoms with Crippen LogP contribution in [0.15, 0.2) is 30.5 Å². The second-order valence-corrected chi connectivity index (χ2v) is 4.87. The van der Waals surface area contributed by atoms with E-state index in [1.807, 2.05) is 13.0 Å². The summed E-state index contributed by atoms with van der Waals surface area (Å²) >= 11 is 0. The quantitative estimate of drug-likeness (QED) is 0.882. The van der Waals surface area contributed by atoms with Crippen molar-refractivity contribution >= 4 is 0 Å². The molecule has 0 saturated heterocycles. The first-order valence-corrected chi connectivity index (χ1v) is 7.42. The van der Waals surface area contributed by atoms with Crippen LogP contribution in [0, 0.1) is 0 Å². The largest absolute Gasteiger partial charge is 0.330 e. The molecule has 0 spiro atoms. The molecule has 0 unspecified atom stereocenters. The molecular formula is C17H22F3N3. The van der Waals surface area contributed by atoms with Crippen molar-refractivity contribution in [3.63, 3.8) is 0 Å². The maximum absolute atomic E-state index is 12.7. The molecule has 2 aromatic rings. The van der Waals surface area contributed by atoms with Crippen LogP contribution in [-0.2, 0) is 19.3 Å². The van der Waals surface area contributed by atoms with Gasteiger partial charge in [-0.15, -0.1) is 0 Å². The molecule has 0 aliphatic rings. The van der Waals surface area contributed by atoms with Crippen molar-refractivity contribution in [1.29, 1.82) is 0 Å². The molecule has 0 radical (unpaired) electrons. The Morgan fingerprint density at radius 1 is 1.22 bits per heavy atom. The molecule has 1 aromatic carbocycles. The van der Waals surface area contributed by atoms with Crippen LogP contribution in [0.2, 0.25) is 0 Å². The predicted molar refractivity (Wildman–Crippen MR) is 85.4 cm³/mol. The van der Waals surface area contributed by atoms with Crippen molar-refractivity contribution in [3.05, 3.63) is 58.7 Å². The van der Waals surface area contributed by atoms with Crippen molar-refractivity contribution in [1.82, 2.24) is 9.97 Å². The summed E-state index contributed by atoms with van der Waals surface area (Å²) in [4.78, 5) is 8.85. The third-order valence-electron chi connectivity index (χ3n) is 3.32. The van der Waals surface area contributed by atoms with E-state index in [-0.39, 0.29) is 5.56 Å². The summed E-state index contributed by atoms with van der Waals surface area (Å²) in [5, 5.41) is 0. The molecule has 0 bridgehead atoms. The first-order valence-electron chi connectivity index (χ1n) is 7.42. The molecule has 0 fully saturated rings. The number of aryl methyl sites for hydroxylation is 1. The lowest BCUT2D eigenvalue weighted by Crippen LogP contribution is -2.09. The highest BCUT2D eigenvalue weighted by Gasteiger charge is 2.09. The molecule has 1 heterocycles. The van der Waals surface area contributed by atoms with Crippen LogP contribution in [0.5, 0.6) is 0 Å². The molecule has 0 atom stereocenters. The third-order valence-corrected chi connectivity index (χ3v) is 3.32. The van der Waals surface area contributed by atoms with Gasteiger partial charge in [-0.1, -0.05) is 25.1 Å². The van der Waals surface area contributed by atoms with Gasteiger partial charge in [-0.3, -0.25) is 4.39 Å². The zero-order valence-corrected chi connectivity index (χ0v) is 13.4. The average Bonchev–Trinajstić information content (AvgIpc) is 2.58. The number of hydrogen-bond acceptors (Lipinski definition) is 3. The van der Waals surface area contributed by atoms with Gasteiger partial charge >= 0.3 is 0 Å². The zero-order chi connectivity index (χ0) is 17.2. The summed E-state index contributed by atoms with van der Waals surface area (Å²) in [5.41, 5.74) is 8.43. The van der Waals surface area contributed by atoms with E-state index in [0.29, 0.717) is 26.0 Å². The molecular weight excluding hydrogens is 303 g/mol. The predicted octanol–water partition coefficient (Wildman–Crippen LogP) is 3.65. The standard InChI is InChI=1S/C16H19F2N3.CH3F/c1-2-14-13(6-7-19)10-20-15(21-14)9-11-4-3-5-12(8-11)16(17)18;1-2/h3-5,8,10,16H,2,6-7,9,19H2,1H3;1H3. The number of benzene rings is 1. The lowest BCUT2D eigenvalue weighted by Gasteiger charge is -2.09. The molecule has 0 aliphatic carbocycles. The van der Waals surface area contributed by atoms with Gasteiger partial charge in [0.15, 0.2) is 0 Å². The number of alkyl halides is 3. The van der Waals surface area contributed by atoms with Crippen LogP contribution >= 0.6 is 0 Å². The summed E-state index contributed by atoms with van der Waals surface area (Å²) in [6.07, 6.45) is 1.36. The monoisotopic (exact) mass is 325 g/mol. The maximum atomic E-state index is 12.7. The van der Waals surface area contributed by atoms with Gasteiger partial charge in [0.1, 0.15) is 5.82 Å². The number of nitrogens with two attached hydrogens (primary N) is 1. The second kappa shape index (κ2) is 9.94. The minimum atomic E-state index is -2.45. The fourth-order valence-corrected chi connectivity index (χ4v) is 2.26. The van der Waals surface area contributed by atoms with Crippen LogP contribution in [-0.4, -0.2) is 23.7 Å². The molecule has 126 valence electrons. The van der Waals surface area contributed by atoms with Gasteiger partial charge in [-0.25, -0.2) is 18.7 Å². The van der Waals surface area contributed by atoms with E-state index in [1.54, 1.807) is 12.3 Å². The molecule has 0 saturated carbocycles.